The lowest BCUT2D eigenvalue weighted by Crippen LogP contribution is -2.37. The summed E-state index contributed by atoms with van der Waals surface area (Å²) in [7, 11) is 1.45. The van der Waals surface area contributed by atoms with E-state index in [0.29, 0.717) is 17.4 Å². The van der Waals surface area contributed by atoms with Crippen LogP contribution in [0.1, 0.15) is 354 Å². The predicted molar refractivity (Wildman–Crippen MR) is 395 cm³/mol. The SMILES string of the molecule is CC/C=C\C/C=C\C/C=C\C/C=C\C/C=C\C/C=C\C/C=C\C/C=C\CCCCC(=O)OC(COC(=O)CCCCCCCCCCCCCCCCCCCCCCCCCCCCCCCCCCCCCCCCCC)COP(=O)(O)OCC[N+](C)(C)C. The number of ether oxygens (including phenoxy) is 2. The topological polar surface area (TPSA) is 108 Å². The summed E-state index contributed by atoms with van der Waals surface area (Å²) in [6.07, 6.45) is 100.0. The van der Waals surface area contributed by atoms with Crippen LogP contribution in [0.5, 0.6) is 0 Å². The molecule has 0 aromatic heterocycles. The predicted octanol–water partition coefficient (Wildman–Crippen LogP) is 25.4. The molecule has 91 heavy (non-hydrogen) atoms. The Morgan fingerprint density at radius 1 is 0.352 bits per heavy atom. The molecule has 1 N–H and O–H groups in total. The second-order valence-electron chi connectivity index (χ2n) is 27.0. The van der Waals surface area contributed by atoms with E-state index >= 15 is 0 Å². The fraction of sp³-hybridized carbons (Fsp3) is 0.778. The number of unbranched alkanes of at least 4 members (excludes halogenated alkanes) is 41. The summed E-state index contributed by atoms with van der Waals surface area (Å²) in [5, 5.41) is 0. The zero-order valence-electron chi connectivity index (χ0n) is 60.3. The molecule has 2 atom stereocenters. The van der Waals surface area contributed by atoms with Crippen molar-refractivity contribution in [1.29, 1.82) is 0 Å². The first-order valence-electron chi connectivity index (χ1n) is 38.5. The van der Waals surface area contributed by atoms with Gasteiger partial charge in [-0.05, 0) is 77.0 Å². The molecule has 0 saturated carbocycles. The first kappa shape index (κ1) is 87.9. The number of hydrogen-bond acceptors (Lipinski definition) is 7. The maximum atomic E-state index is 12.9. The zero-order chi connectivity index (χ0) is 66.2. The third-order valence-corrected chi connectivity index (χ3v) is 17.9. The number of allylic oxidation sites excluding steroid dienone is 16. The number of nitrogens with zero attached hydrogens (tertiary/aromatic N) is 1. The summed E-state index contributed by atoms with van der Waals surface area (Å²) in [5.41, 5.74) is 0. The summed E-state index contributed by atoms with van der Waals surface area (Å²) < 4.78 is 34.7. The molecule has 0 spiro atoms. The Morgan fingerprint density at radius 2 is 0.626 bits per heavy atom. The fourth-order valence-electron chi connectivity index (χ4n) is 11.0. The minimum Gasteiger partial charge on any atom is -0.462 e. The standard InChI is InChI=1S/C81H146NO8P/c1-6-8-10-12-14-16-18-20-22-24-26-28-30-32-34-35-36-37-38-39-40-41-42-43-44-45-46-48-49-51-53-55-57-59-61-63-65-67-69-71-73-80(83)87-77-79(78-89-91(85,86)88-76-75-82(3,4)5)90-81(84)74-72-70-68-66-64-62-60-58-56-54-52-50-47-33-31-29-27-25-23-21-19-17-15-13-11-9-7-2/h9,11,15,17,21,23,27,29,33,47,52,54,58,60,64,66,79H,6-8,10,12-14,16,18-20,22,24-26,28,30-32,34-46,48-51,53,55-57,59,61-63,65,67-78H2,1-5H3/p+1/b11-9-,17-15-,23-21-,29-27-,47-33-,54-52-,60-58-,66-64-. The molecular formula is C81H147NO8P+. The quantitative estimate of drug-likeness (QED) is 0.0211. The highest BCUT2D eigenvalue weighted by atomic mass is 31.2. The van der Waals surface area contributed by atoms with Gasteiger partial charge in [0.1, 0.15) is 19.8 Å². The molecule has 10 heteroatoms. The molecule has 0 fully saturated rings. The van der Waals surface area contributed by atoms with Crippen LogP contribution < -0.4 is 0 Å². The van der Waals surface area contributed by atoms with E-state index in [1.807, 2.05) is 21.1 Å². The van der Waals surface area contributed by atoms with Crippen molar-refractivity contribution in [2.24, 2.45) is 0 Å². The Hall–Kier alpha value is -3.07. The average Bonchev–Trinajstić information content (AvgIpc) is 3.74. The summed E-state index contributed by atoms with van der Waals surface area (Å²) in [6, 6.07) is 0. The summed E-state index contributed by atoms with van der Waals surface area (Å²) in [4.78, 5) is 35.9. The van der Waals surface area contributed by atoms with Gasteiger partial charge >= 0.3 is 19.8 Å². The molecule has 0 aliphatic carbocycles. The van der Waals surface area contributed by atoms with Gasteiger partial charge in [-0.15, -0.1) is 0 Å². The number of quaternary nitrogens is 1. The van der Waals surface area contributed by atoms with Crippen molar-refractivity contribution in [3.63, 3.8) is 0 Å². The molecule has 528 valence electrons. The van der Waals surface area contributed by atoms with E-state index in [9.17, 15) is 19.0 Å². The van der Waals surface area contributed by atoms with Gasteiger partial charge in [-0.25, -0.2) is 4.57 Å². The lowest BCUT2D eigenvalue weighted by Gasteiger charge is -2.24. The normalized spacial score (nSPS) is 13.6. The van der Waals surface area contributed by atoms with Crippen molar-refractivity contribution in [3.8, 4) is 0 Å². The maximum Gasteiger partial charge on any atom is 0.472 e. The molecule has 9 nitrogen and oxygen atoms in total. The van der Waals surface area contributed by atoms with Crippen molar-refractivity contribution in [2.45, 2.75) is 360 Å². The molecule has 0 rings (SSSR count). The molecule has 0 saturated heterocycles. The van der Waals surface area contributed by atoms with Crippen molar-refractivity contribution < 1.29 is 42.1 Å². The molecular weight excluding hydrogens is 1150 g/mol. The van der Waals surface area contributed by atoms with Crippen LogP contribution in [0.4, 0.5) is 0 Å². The first-order valence-corrected chi connectivity index (χ1v) is 40.0. The number of esters is 2. The Bertz CT molecular complexity index is 1860. The lowest BCUT2D eigenvalue weighted by atomic mass is 10.0. The van der Waals surface area contributed by atoms with E-state index in [2.05, 4.69) is 111 Å². The number of rotatable bonds is 71. The van der Waals surface area contributed by atoms with E-state index in [0.717, 1.165) is 83.5 Å². The molecule has 0 heterocycles. The number of phosphoric ester groups is 1. The minimum atomic E-state index is -4.41. The van der Waals surface area contributed by atoms with Gasteiger partial charge in [-0.1, -0.05) is 361 Å². The highest BCUT2D eigenvalue weighted by molar-refractivity contribution is 7.47. The molecule has 0 aromatic carbocycles. The fourth-order valence-corrected chi connectivity index (χ4v) is 11.8. The number of hydrogen-bond donors (Lipinski definition) is 1. The molecule has 0 aliphatic rings. The van der Waals surface area contributed by atoms with E-state index in [1.165, 1.54) is 238 Å². The summed E-state index contributed by atoms with van der Waals surface area (Å²) in [6.45, 7) is 4.31. The van der Waals surface area contributed by atoms with Crippen LogP contribution in [0.25, 0.3) is 0 Å². The zero-order valence-corrected chi connectivity index (χ0v) is 61.2. The van der Waals surface area contributed by atoms with Crippen LogP contribution >= 0.6 is 7.82 Å². The van der Waals surface area contributed by atoms with Gasteiger partial charge in [-0.3, -0.25) is 18.6 Å². The summed E-state index contributed by atoms with van der Waals surface area (Å²) in [5.74, 6) is -0.841. The van der Waals surface area contributed by atoms with E-state index in [4.69, 9.17) is 18.5 Å². The molecule has 0 aromatic rings. The Kier molecular flexibility index (Phi) is 68.8. The number of phosphoric acid groups is 1. The third-order valence-electron chi connectivity index (χ3n) is 16.9. The van der Waals surface area contributed by atoms with Gasteiger partial charge < -0.3 is 18.9 Å². The van der Waals surface area contributed by atoms with Crippen LogP contribution in [0.3, 0.4) is 0 Å². The number of carbonyl (C=O) groups excluding carboxylic acids is 2. The lowest BCUT2D eigenvalue weighted by molar-refractivity contribution is -0.870. The Balaban J connectivity index is 3.98. The smallest absolute Gasteiger partial charge is 0.462 e. The van der Waals surface area contributed by atoms with Gasteiger partial charge in [-0.2, -0.15) is 0 Å². The Labute approximate surface area is 564 Å². The van der Waals surface area contributed by atoms with Crippen molar-refractivity contribution >= 4 is 19.8 Å². The monoisotopic (exact) mass is 1290 g/mol. The van der Waals surface area contributed by atoms with Crippen LogP contribution in [-0.2, 0) is 32.7 Å². The van der Waals surface area contributed by atoms with Gasteiger partial charge in [0, 0.05) is 12.8 Å². The molecule has 2 unspecified atom stereocenters. The van der Waals surface area contributed by atoms with Crippen molar-refractivity contribution in [1.82, 2.24) is 0 Å². The molecule has 0 radical (unpaired) electrons. The average molecular weight is 1290 g/mol. The first-order chi connectivity index (χ1) is 44.5. The second kappa shape index (κ2) is 71.2. The van der Waals surface area contributed by atoms with Crippen LogP contribution in [0.2, 0.25) is 0 Å². The highest BCUT2D eigenvalue weighted by Gasteiger charge is 2.27. The van der Waals surface area contributed by atoms with Crippen LogP contribution in [-0.4, -0.2) is 74.9 Å². The Morgan fingerprint density at radius 3 is 0.934 bits per heavy atom. The highest BCUT2D eigenvalue weighted by Crippen LogP contribution is 2.43. The molecule has 0 amide bonds. The van der Waals surface area contributed by atoms with Gasteiger partial charge in [0.05, 0.1) is 27.7 Å². The largest absolute Gasteiger partial charge is 0.472 e. The molecule has 0 bridgehead atoms. The van der Waals surface area contributed by atoms with E-state index in [-0.39, 0.29) is 32.0 Å². The number of carbonyl (C=O) groups is 2. The van der Waals surface area contributed by atoms with E-state index in [1.54, 1.807) is 0 Å². The second-order valence-corrected chi connectivity index (χ2v) is 28.5. The van der Waals surface area contributed by atoms with Gasteiger partial charge in [0.2, 0.25) is 0 Å². The third kappa shape index (κ3) is 75.8. The number of likely N-dealkylation sites (N-methyl/N-ethyl adjacent to an activating group) is 1. The van der Waals surface area contributed by atoms with Gasteiger partial charge in [0.25, 0.3) is 0 Å². The van der Waals surface area contributed by atoms with Crippen LogP contribution in [0.15, 0.2) is 97.2 Å². The van der Waals surface area contributed by atoms with Crippen LogP contribution in [0, 0.1) is 0 Å². The summed E-state index contributed by atoms with van der Waals surface area (Å²) >= 11 is 0. The van der Waals surface area contributed by atoms with Crippen molar-refractivity contribution in [3.05, 3.63) is 97.2 Å². The maximum absolute atomic E-state index is 12.9. The van der Waals surface area contributed by atoms with E-state index < -0.39 is 26.5 Å². The van der Waals surface area contributed by atoms with Crippen molar-refractivity contribution in [2.75, 3.05) is 47.5 Å². The van der Waals surface area contributed by atoms with Gasteiger partial charge in [0.15, 0.2) is 6.10 Å². The molecule has 0 aliphatic heterocycles. The minimum absolute atomic E-state index is 0.0194.